The zero-order valence-electron chi connectivity index (χ0n) is 11.5. The predicted octanol–water partition coefficient (Wildman–Crippen LogP) is 3.70. The van der Waals surface area contributed by atoms with Crippen molar-refractivity contribution in [2.75, 3.05) is 0 Å². The van der Waals surface area contributed by atoms with Crippen LogP contribution in [-0.4, -0.2) is 5.78 Å². The molecule has 0 fully saturated rings. The van der Waals surface area contributed by atoms with Crippen LogP contribution in [0.2, 0.25) is 0 Å². The molecule has 100 valence electrons. The number of ketones is 1. The minimum Gasteiger partial charge on any atom is -0.299 e. The van der Waals surface area contributed by atoms with Gasteiger partial charge >= 0.3 is 0 Å². The molecule has 0 spiro atoms. The van der Waals surface area contributed by atoms with E-state index in [1.807, 2.05) is 0 Å². The van der Waals surface area contributed by atoms with Gasteiger partial charge in [-0.3, -0.25) is 4.79 Å². The smallest absolute Gasteiger partial charge is 0.144 e. The van der Waals surface area contributed by atoms with Crippen LogP contribution in [0.4, 0.5) is 0 Å². The van der Waals surface area contributed by atoms with Crippen LogP contribution in [0.25, 0.3) is 0 Å². The number of rotatable bonds is 2. The lowest BCUT2D eigenvalue weighted by Crippen LogP contribution is -2.33. The van der Waals surface area contributed by atoms with Crippen LogP contribution < -0.4 is 0 Å². The molecule has 2 aliphatic rings. The Morgan fingerprint density at radius 1 is 0.850 bits per heavy atom. The van der Waals surface area contributed by atoms with Gasteiger partial charge in [0.1, 0.15) is 5.78 Å². The van der Waals surface area contributed by atoms with Crippen LogP contribution in [0.3, 0.4) is 0 Å². The standard InChI is InChI=1S/C19H18O/c20-19(18-12-15-7-3-4-8-17(15)18)16-10-9-13-5-1-2-6-14(13)11-16/h1-8,16,18H,9-12H2. The van der Waals surface area contributed by atoms with E-state index in [-0.39, 0.29) is 11.8 Å². The van der Waals surface area contributed by atoms with Crippen molar-refractivity contribution in [2.24, 2.45) is 5.92 Å². The number of hydrogen-bond acceptors (Lipinski definition) is 1. The van der Waals surface area contributed by atoms with Crippen molar-refractivity contribution >= 4 is 5.78 Å². The van der Waals surface area contributed by atoms with Crippen molar-refractivity contribution in [3.8, 4) is 0 Å². The molecule has 0 N–H and O–H groups in total. The van der Waals surface area contributed by atoms with E-state index in [2.05, 4.69) is 48.5 Å². The monoisotopic (exact) mass is 262 g/mol. The Labute approximate surface area is 119 Å². The maximum Gasteiger partial charge on any atom is 0.144 e. The molecular formula is C19H18O. The zero-order valence-corrected chi connectivity index (χ0v) is 11.5. The van der Waals surface area contributed by atoms with Crippen LogP contribution >= 0.6 is 0 Å². The van der Waals surface area contributed by atoms with Crippen LogP contribution in [-0.2, 0) is 24.1 Å². The Bertz CT molecular complexity index is 671. The summed E-state index contributed by atoms with van der Waals surface area (Å²) in [7, 11) is 0. The third kappa shape index (κ3) is 1.81. The van der Waals surface area contributed by atoms with Gasteiger partial charge in [0, 0.05) is 11.8 Å². The highest BCUT2D eigenvalue weighted by atomic mass is 16.1. The first kappa shape index (κ1) is 11.9. The summed E-state index contributed by atoms with van der Waals surface area (Å²) in [5, 5.41) is 0. The third-order valence-corrected chi connectivity index (χ3v) is 4.95. The number of aryl methyl sites for hydroxylation is 1. The molecule has 1 heteroatoms. The van der Waals surface area contributed by atoms with E-state index in [9.17, 15) is 4.79 Å². The molecule has 2 unspecified atom stereocenters. The zero-order chi connectivity index (χ0) is 13.5. The Morgan fingerprint density at radius 3 is 2.35 bits per heavy atom. The lowest BCUT2D eigenvalue weighted by molar-refractivity contribution is -0.125. The summed E-state index contributed by atoms with van der Waals surface area (Å²) < 4.78 is 0. The summed E-state index contributed by atoms with van der Waals surface area (Å²) in [4.78, 5) is 12.8. The second kappa shape index (κ2) is 4.59. The van der Waals surface area contributed by atoms with Gasteiger partial charge in [0.15, 0.2) is 0 Å². The molecule has 20 heavy (non-hydrogen) atoms. The Balaban J connectivity index is 1.55. The molecule has 2 aromatic rings. The van der Waals surface area contributed by atoms with E-state index in [1.54, 1.807) is 0 Å². The van der Waals surface area contributed by atoms with E-state index in [1.165, 1.54) is 22.3 Å². The van der Waals surface area contributed by atoms with Gasteiger partial charge < -0.3 is 0 Å². The Morgan fingerprint density at radius 2 is 1.55 bits per heavy atom. The summed E-state index contributed by atoms with van der Waals surface area (Å²) in [5.74, 6) is 0.864. The second-order valence-corrected chi connectivity index (χ2v) is 6.07. The summed E-state index contributed by atoms with van der Waals surface area (Å²) >= 11 is 0. The first-order chi connectivity index (χ1) is 9.83. The molecule has 0 aromatic heterocycles. The van der Waals surface area contributed by atoms with Crippen molar-refractivity contribution in [3.05, 3.63) is 70.8 Å². The molecule has 0 saturated carbocycles. The van der Waals surface area contributed by atoms with Crippen LogP contribution in [0, 0.1) is 5.92 Å². The fourth-order valence-electron chi connectivity index (χ4n) is 3.74. The van der Waals surface area contributed by atoms with Crippen LogP contribution in [0.15, 0.2) is 48.5 Å². The molecule has 0 aliphatic heterocycles. The van der Waals surface area contributed by atoms with Gasteiger partial charge in [-0.1, -0.05) is 48.5 Å². The SMILES string of the molecule is O=C(C1CCc2ccccc2C1)C1Cc2ccccc21. The molecule has 2 atom stereocenters. The molecule has 0 saturated heterocycles. The van der Waals surface area contributed by atoms with Crippen molar-refractivity contribution in [2.45, 2.75) is 31.6 Å². The maximum absolute atomic E-state index is 12.8. The predicted molar refractivity (Wildman–Crippen MR) is 79.9 cm³/mol. The van der Waals surface area contributed by atoms with Gasteiger partial charge in [-0.2, -0.15) is 0 Å². The number of fused-ring (bicyclic) bond motifs is 2. The lowest BCUT2D eigenvalue weighted by atomic mass is 9.69. The van der Waals surface area contributed by atoms with Gasteiger partial charge in [0.2, 0.25) is 0 Å². The molecule has 0 amide bonds. The highest BCUT2D eigenvalue weighted by molar-refractivity contribution is 5.91. The van der Waals surface area contributed by atoms with Gasteiger partial charge in [0.05, 0.1) is 0 Å². The quantitative estimate of drug-likeness (QED) is 0.806. The number of carbonyl (C=O) groups is 1. The van der Waals surface area contributed by atoms with E-state index in [0.29, 0.717) is 5.78 Å². The molecule has 0 heterocycles. The van der Waals surface area contributed by atoms with Gasteiger partial charge in [-0.05, 0) is 47.9 Å². The van der Waals surface area contributed by atoms with E-state index < -0.39 is 0 Å². The molecule has 4 rings (SSSR count). The molecule has 2 aliphatic carbocycles. The highest BCUT2D eigenvalue weighted by Crippen LogP contribution is 2.39. The molecular weight excluding hydrogens is 244 g/mol. The molecule has 1 nitrogen and oxygen atoms in total. The maximum atomic E-state index is 12.8. The third-order valence-electron chi connectivity index (χ3n) is 4.95. The molecule has 0 bridgehead atoms. The minimum absolute atomic E-state index is 0.168. The number of Topliss-reactive ketones (excluding diaryl/α,β-unsaturated/α-hetero) is 1. The summed E-state index contributed by atoms with van der Waals surface area (Å²) in [6.45, 7) is 0. The average molecular weight is 262 g/mol. The average Bonchev–Trinajstić information content (AvgIpc) is 2.48. The van der Waals surface area contributed by atoms with Gasteiger partial charge in [-0.15, -0.1) is 0 Å². The fraction of sp³-hybridized carbons (Fsp3) is 0.316. The Hall–Kier alpha value is -1.89. The van der Waals surface area contributed by atoms with Gasteiger partial charge in [-0.25, -0.2) is 0 Å². The van der Waals surface area contributed by atoms with Crippen LogP contribution in [0.1, 0.15) is 34.6 Å². The summed E-state index contributed by atoms with van der Waals surface area (Å²) in [5.41, 5.74) is 5.45. The van der Waals surface area contributed by atoms with Crippen LogP contribution in [0.5, 0.6) is 0 Å². The fourth-order valence-corrected chi connectivity index (χ4v) is 3.74. The largest absolute Gasteiger partial charge is 0.299 e. The van der Waals surface area contributed by atoms with E-state index in [4.69, 9.17) is 0 Å². The second-order valence-electron chi connectivity index (χ2n) is 6.07. The first-order valence-corrected chi connectivity index (χ1v) is 7.51. The van der Waals surface area contributed by atoms with Crippen molar-refractivity contribution in [3.63, 3.8) is 0 Å². The highest BCUT2D eigenvalue weighted by Gasteiger charge is 2.36. The van der Waals surface area contributed by atoms with Crippen molar-refractivity contribution < 1.29 is 4.79 Å². The normalized spacial score (nSPS) is 23.4. The first-order valence-electron chi connectivity index (χ1n) is 7.51. The van der Waals surface area contributed by atoms with Crippen molar-refractivity contribution in [1.82, 2.24) is 0 Å². The number of hydrogen-bond donors (Lipinski definition) is 0. The number of benzene rings is 2. The summed E-state index contributed by atoms with van der Waals surface area (Å²) in [6, 6.07) is 17.0. The topological polar surface area (TPSA) is 17.1 Å². The minimum atomic E-state index is 0.168. The number of carbonyl (C=O) groups excluding carboxylic acids is 1. The van der Waals surface area contributed by atoms with E-state index >= 15 is 0 Å². The Kier molecular flexibility index (Phi) is 2.73. The van der Waals surface area contributed by atoms with E-state index in [0.717, 1.165) is 25.7 Å². The molecule has 2 aromatic carbocycles. The molecule has 0 radical (unpaired) electrons. The summed E-state index contributed by atoms with van der Waals surface area (Å²) in [6.07, 6.45) is 3.97. The lowest BCUT2D eigenvalue weighted by Gasteiger charge is -2.33. The van der Waals surface area contributed by atoms with Gasteiger partial charge in [0.25, 0.3) is 0 Å². The van der Waals surface area contributed by atoms with Crippen molar-refractivity contribution in [1.29, 1.82) is 0 Å².